The van der Waals surface area contributed by atoms with Gasteiger partial charge in [-0.25, -0.2) is 9.59 Å². The Morgan fingerprint density at radius 2 is 1.53 bits per heavy atom. The zero-order valence-electron chi connectivity index (χ0n) is 21.1. The summed E-state index contributed by atoms with van der Waals surface area (Å²) in [5.41, 5.74) is -0.760. The van der Waals surface area contributed by atoms with Crippen LogP contribution in [0.1, 0.15) is 31.3 Å². The quantitative estimate of drug-likeness (QED) is 0.192. The van der Waals surface area contributed by atoms with Crippen LogP contribution in [0.4, 0.5) is 0 Å². The fourth-order valence-electron chi connectivity index (χ4n) is 4.20. The van der Waals surface area contributed by atoms with Gasteiger partial charge in [0.25, 0.3) is 8.32 Å². The number of ether oxygens (including phenoxy) is 3. The Morgan fingerprint density at radius 1 is 0.972 bits per heavy atom. The van der Waals surface area contributed by atoms with Gasteiger partial charge >= 0.3 is 11.6 Å². The van der Waals surface area contributed by atoms with Crippen LogP contribution < -0.4 is 20.7 Å². The Kier molecular flexibility index (Phi) is 9.51. The van der Waals surface area contributed by atoms with E-state index in [0.717, 1.165) is 10.4 Å². The minimum Gasteiger partial charge on any atom is -0.483 e. The third kappa shape index (κ3) is 6.08. The van der Waals surface area contributed by atoms with Crippen molar-refractivity contribution in [3.05, 3.63) is 86.5 Å². The third-order valence-corrected chi connectivity index (χ3v) is 11.7. The highest BCUT2D eigenvalue weighted by molar-refractivity contribution is 14.1. The van der Waals surface area contributed by atoms with Crippen LogP contribution in [0.2, 0.25) is 5.04 Å². The molecule has 1 aromatic heterocycles. The molecule has 7 nitrogen and oxygen atoms in total. The van der Waals surface area contributed by atoms with Crippen LogP contribution >= 0.6 is 22.6 Å². The molecule has 0 saturated heterocycles. The van der Waals surface area contributed by atoms with Crippen molar-refractivity contribution in [3.8, 4) is 5.75 Å². The molecule has 3 rings (SSSR count). The van der Waals surface area contributed by atoms with Crippen molar-refractivity contribution < 1.29 is 27.8 Å². The van der Waals surface area contributed by atoms with Gasteiger partial charge in [0.05, 0.1) is 17.3 Å². The molecule has 0 amide bonds. The van der Waals surface area contributed by atoms with E-state index >= 15 is 0 Å². The van der Waals surface area contributed by atoms with E-state index < -0.39 is 26.0 Å². The Labute approximate surface area is 226 Å². The van der Waals surface area contributed by atoms with Gasteiger partial charge in [0.2, 0.25) is 11.5 Å². The van der Waals surface area contributed by atoms with Crippen LogP contribution in [0.15, 0.2) is 75.9 Å². The van der Waals surface area contributed by atoms with E-state index in [-0.39, 0.29) is 29.8 Å². The molecule has 1 unspecified atom stereocenters. The van der Waals surface area contributed by atoms with E-state index in [9.17, 15) is 9.59 Å². The maximum absolute atomic E-state index is 12.6. The van der Waals surface area contributed by atoms with Gasteiger partial charge in [-0.2, -0.15) is 0 Å². The van der Waals surface area contributed by atoms with Crippen LogP contribution in [0, 0.1) is 3.57 Å². The molecule has 0 spiro atoms. The standard InChI is InChI=1S/C27H31IO7Si/c1-27(2,3)36(20-12-8-6-9-13-20,21-14-10-7-11-15-21)35-19(17-31-4)18-33-24-22(28)16-23(25(29)32-5)34-26(24)30/h6-16,19H,17-18H2,1-5H3. The zero-order chi connectivity index (χ0) is 26.3. The molecule has 192 valence electrons. The minimum atomic E-state index is -2.87. The Hall–Kier alpha value is -2.47. The summed E-state index contributed by atoms with van der Waals surface area (Å²) < 4.78 is 28.7. The fraction of sp³-hybridized carbons (Fsp3) is 0.333. The van der Waals surface area contributed by atoms with Crippen LogP contribution in [-0.4, -0.2) is 47.8 Å². The Balaban J connectivity index is 2.00. The van der Waals surface area contributed by atoms with Crippen molar-refractivity contribution in [1.29, 1.82) is 0 Å². The molecule has 0 saturated carbocycles. The number of esters is 1. The number of carbonyl (C=O) groups is 1. The third-order valence-electron chi connectivity index (χ3n) is 5.78. The normalized spacial score (nSPS) is 12.7. The lowest BCUT2D eigenvalue weighted by molar-refractivity contribution is 0.0407. The molecule has 1 atom stereocenters. The van der Waals surface area contributed by atoms with E-state index in [1.165, 1.54) is 13.2 Å². The number of carbonyl (C=O) groups excluding carboxylic acids is 1. The van der Waals surface area contributed by atoms with Crippen LogP contribution in [0.25, 0.3) is 0 Å². The average Bonchev–Trinajstić information content (AvgIpc) is 2.86. The lowest BCUT2D eigenvalue weighted by Crippen LogP contribution is -2.68. The highest BCUT2D eigenvalue weighted by Gasteiger charge is 2.51. The van der Waals surface area contributed by atoms with Crippen molar-refractivity contribution in [1.82, 2.24) is 0 Å². The zero-order valence-corrected chi connectivity index (χ0v) is 24.2. The summed E-state index contributed by atoms with van der Waals surface area (Å²) in [6, 6.07) is 21.9. The maximum atomic E-state index is 12.6. The lowest BCUT2D eigenvalue weighted by atomic mass is 10.2. The van der Waals surface area contributed by atoms with Crippen LogP contribution in [0.3, 0.4) is 0 Å². The van der Waals surface area contributed by atoms with E-state index in [2.05, 4.69) is 49.8 Å². The van der Waals surface area contributed by atoms with Crippen molar-refractivity contribution in [2.24, 2.45) is 0 Å². The summed E-state index contributed by atoms with van der Waals surface area (Å²) in [5, 5.41) is 2.01. The summed E-state index contributed by atoms with van der Waals surface area (Å²) in [6.45, 7) is 6.87. The van der Waals surface area contributed by atoms with Gasteiger partial charge in [-0.05, 0) is 38.0 Å². The SMILES string of the molecule is COCC(COc1c(I)cc(C(=O)OC)oc1=O)O[Si](c1ccccc1)(c1ccccc1)C(C)(C)C. The molecular weight excluding hydrogens is 591 g/mol. The number of hydrogen-bond acceptors (Lipinski definition) is 7. The molecule has 1 heterocycles. The maximum Gasteiger partial charge on any atom is 0.380 e. The molecule has 0 aliphatic rings. The van der Waals surface area contributed by atoms with E-state index in [1.54, 1.807) is 7.11 Å². The smallest absolute Gasteiger partial charge is 0.380 e. The fourth-order valence-corrected chi connectivity index (χ4v) is 9.51. The second kappa shape index (κ2) is 12.2. The predicted molar refractivity (Wildman–Crippen MR) is 149 cm³/mol. The second-order valence-corrected chi connectivity index (χ2v) is 14.7. The molecule has 36 heavy (non-hydrogen) atoms. The monoisotopic (exact) mass is 622 g/mol. The van der Waals surface area contributed by atoms with Crippen molar-refractivity contribution in [2.45, 2.75) is 31.9 Å². The van der Waals surface area contributed by atoms with E-state index in [0.29, 0.717) is 3.57 Å². The molecule has 0 bridgehead atoms. The molecular formula is C27H31IO7Si. The van der Waals surface area contributed by atoms with Crippen molar-refractivity contribution >= 4 is 47.3 Å². The Morgan fingerprint density at radius 3 is 1.97 bits per heavy atom. The molecule has 0 radical (unpaired) electrons. The number of halogens is 1. The van der Waals surface area contributed by atoms with E-state index in [4.69, 9.17) is 18.3 Å². The topological polar surface area (TPSA) is 84.2 Å². The summed E-state index contributed by atoms with van der Waals surface area (Å²) in [6.07, 6.45) is -0.489. The summed E-state index contributed by atoms with van der Waals surface area (Å²) in [5.74, 6) is -0.907. The highest BCUT2D eigenvalue weighted by Crippen LogP contribution is 2.37. The number of hydrogen-bond donors (Lipinski definition) is 0. The highest BCUT2D eigenvalue weighted by atomic mass is 127. The molecule has 0 aliphatic heterocycles. The predicted octanol–water partition coefficient (Wildman–Crippen LogP) is 4.00. The van der Waals surface area contributed by atoms with Gasteiger partial charge in [0, 0.05) is 13.2 Å². The molecule has 0 N–H and O–H groups in total. The molecule has 9 heteroatoms. The van der Waals surface area contributed by atoms with Gasteiger partial charge in [0.1, 0.15) is 12.7 Å². The second-order valence-electron chi connectivity index (χ2n) is 9.24. The first-order valence-corrected chi connectivity index (χ1v) is 14.4. The first-order chi connectivity index (χ1) is 17.1. The summed E-state index contributed by atoms with van der Waals surface area (Å²) in [7, 11) is -0.0469. The van der Waals surface area contributed by atoms with Gasteiger partial charge in [0.15, 0.2) is 0 Å². The molecule has 2 aromatic carbocycles. The first-order valence-electron chi connectivity index (χ1n) is 11.5. The molecule has 0 fully saturated rings. The van der Waals surface area contributed by atoms with E-state index in [1.807, 2.05) is 59.0 Å². The molecule has 3 aromatic rings. The Bertz CT molecular complexity index is 1170. The van der Waals surface area contributed by atoms with Crippen molar-refractivity contribution in [3.63, 3.8) is 0 Å². The van der Waals surface area contributed by atoms with Gasteiger partial charge in [-0.1, -0.05) is 81.4 Å². The van der Waals surface area contributed by atoms with Gasteiger partial charge < -0.3 is 23.1 Å². The summed E-state index contributed by atoms with van der Waals surface area (Å²) >= 11 is 1.93. The summed E-state index contributed by atoms with van der Waals surface area (Å²) in [4.78, 5) is 24.3. The number of methoxy groups -OCH3 is 2. The van der Waals surface area contributed by atoms with Crippen LogP contribution in [0.5, 0.6) is 5.75 Å². The number of rotatable bonds is 10. The first kappa shape index (κ1) is 28.1. The molecule has 0 aliphatic carbocycles. The largest absolute Gasteiger partial charge is 0.483 e. The number of benzene rings is 2. The lowest BCUT2D eigenvalue weighted by Gasteiger charge is -2.45. The van der Waals surface area contributed by atoms with Crippen LogP contribution in [-0.2, 0) is 13.9 Å². The van der Waals surface area contributed by atoms with Gasteiger partial charge in [-0.15, -0.1) is 0 Å². The average molecular weight is 623 g/mol. The minimum absolute atomic E-state index is 0.00963. The van der Waals surface area contributed by atoms with Crippen molar-refractivity contribution in [2.75, 3.05) is 27.4 Å². The van der Waals surface area contributed by atoms with Gasteiger partial charge in [-0.3, -0.25) is 0 Å².